The first-order valence-corrected chi connectivity index (χ1v) is 9.12. The number of fused-ring (bicyclic) bond motifs is 2. The fourth-order valence-corrected chi connectivity index (χ4v) is 3.69. The number of carbonyl (C=O) groups excluding carboxylic acids is 1. The van der Waals surface area contributed by atoms with Crippen molar-refractivity contribution >= 4 is 22.8 Å². The summed E-state index contributed by atoms with van der Waals surface area (Å²) in [6.45, 7) is 2.19. The van der Waals surface area contributed by atoms with E-state index < -0.39 is 12.0 Å². The molecule has 1 amide bonds. The predicted octanol–water partition coefficient (Wildman–Crippen LogP) is 3.51. The number of para-hydroxylation sites is 1. The molecule has 0 spiro atoms. The summed E-state index contributed by atoms with van der Waals surface area (Å²) in [4.78, 5) is 38.7. The molecule has 3 aromatic rings. The van der Waals surface area contributed by atoms with Gasteiger partial charge in [0, 0.05) is 13.0 Å². The van der Waals surface area contributed by atoms with Crippen LogP contribution >= 0.6 is 0 Å². The molecule has 0 saturated heterocycles. The molecule has 4 rings (SSSR count). The minimum Gasteiger partial charge on any atom is -0.481 e. The van der Waals surface area contributed by atoms with Crippen molar-refractivity contribution in [1.29, 1.82) is 0 Å². The van der Waals surface area contributed by atoms with Crippen molar-refractivity contribution in [3.8, 4) is 0 Å². The van der Waals surface area contributed by atoms with E-state index in [0.717, 1.165) is 11.1 Å². The fourth-order valence-electron chi connectivity index (χ4n) is 3.69. The van der Waals surface area contributed by atoms with Crippen molar-refractivity contribution < 1.29 is 19.1 Å². The fraction of sp³-hybridized carbons (Fsp3) is 0.227. The lowest BCUT2D eigenvalue weighted by Crippen LogP contribution is -2.31. The highest BCUT2D eigenvalue weighted by atomic mass is 16.4. The van der Waals surface area contributed by atoms with Gasteiger partial charge in [-0.25, -0.2) is 0 Å². The smallest absolute Gasteiger partial charge is 0.303 e. The predicted molar refractivity (Wildman–Crippen MR) is 103 cm³/mol. The Bertz CT molecular complexity index is 1130. The molecule has 2 heterocycles. The van der Waals surface area contributed by atoms with Gasteiger partial charge in [-0.1, -0.05) is 42.0 Å². The van der Waals surface area contributed by atoms with Gasteiger partial charge in [-0.2, -0.15) is 0 Å². The first kappa shape index (κ1) is 18.0. The SMILES string of the molecule is Cc1ccc(C2c3c(oc4ccccc4c3=O)C(=O)N2CCCC(=O)O)cc1. The second-order valence-electron chi connectivity index (χ2n) is 6.98. The van der Waals surface area contributed by atoms with Gasteiger partial charge in [-0.3, -0.25) is 14.4 Å². The maximum atomic E-state index is 13.2. The van der Waals surface area contributed by atoms with Crippen LogP contribution in [-0.4, -0.2) is 28.4 Å². The Morgan fingerprint density at radius 1 is 1.11 bits per heavy atom. The molecule has 1 aliphatic heterocycles. The number of carbonyl (C=O) groups is 2. The van der Waals surface area contributed by atoms with Crippen LogP contribution in [0.25, 0.3) is 11.0 Å². The molecule has 142 valence electrons. The highest BCUT2D eigenvalue weighted by molar-refractivity contribution is 5.99. The molecular weight excluding hydrogens is 358 g/mol. The molecule has 6 heteroatoms. The van der Waals surface area contributed by atoms with E-state index in [1.165, 1.54) is 0 Å². The third-order valence-corrected chi connectivity index (χ3v) is 5.06. The van der Waals surface area contributed by atoms with Gasteiger partial charge in [0.15, 0.2) is 5.43 Å². The van der Waals surface area contributed by atoms with Gasteiger partial charge in [0.25, 0.3) is 5.91 Å². The van der Waals surface area contributed by atoms with Gasteiger partial charge in [0.05, 0.1) is 17.0 Å². The number of rotatable bonds is 5. The number of hydrogen-bond donors (Lipinski definition) is 1. The van der Waals surface area contributed by atoms with Gasteiger partial charge in [-0.15, -0.1) is 0 Å². The standard InChI is InChI=1S/C22H19NO5/c1-13-8-10-14(11-9-13)19-18-20(26)15-5-2-3-6-16(15)28-21(18)22(27)23(19)12-4-7-17(24)25/h2-3,5-6,8-11,19H,4,7,12H2,1H3,(H,24,25). The van der Waals surface area contributed by atoms with E-state index in [-0.39, 0.29) is 30.1 Å². The summed E-state index contributed by atoms with van der Waals surface area (Å²) in [7, 11) is 0. The summed E-state index contributed by atoms with van der Waals surface area (Å²) in [6, 6.07) is 13.9. The Kier molecular flexibility index (Phi) is 4.47. The molecule has 2 aromatic carbocycles. The molecule has 0 fully saturated rings. The van der Waals surface area contributed by atoms with Crippen LogP contribution in [0.4, 0.5) is 0 Å². The maximum Gasteiger partial charge on any atom is 0.303 e. The summed E-state index contributed by atoms with van der Waals surface area (Å²) in [5.74, 6) is -1.26. The van der Waals surface area contributed by atoms with Crippen molar-refractivity contribution in [2.24, 2.45) is 0 Å². The van der Waals surface area contributed by atoms with Crippen molar-refractivity contribution in [1.82, 2.24) is 4.90 Å². The average molecular weight is 377 g/mol. The topological polar surface area (TPSA) is 87.8 Å². The molecule has 1 aromatic heterocycles. The lowest BCUT2D eigenvalue weighted by molar-refractivity contribution is -0.137. The lowest BCUT2D eigenvalue weighted by Gasteiger charge is -2.25. The second kappa shape index (κ2) is 6.96. The molecule has 1 unspecified atom stereocenters. The van der Waals surface area contributed by atoms with Crippen LogP contribution in [0, 0.1) is 6.92 Å². The maximum absolute atomic E-state index is 13.2. The number of aliphatic carboxylic acids is 1. The summed E-state index contributed by atoms with van der Waals surface area (Å²) in [5, 5.41) is 9.37. The highest BCUT2D eigenvalue weighted by Gasteiger charge is 2.42. The molecule has 6 nitrogen and oxygen atoms in total. The summed E-state index contributed by atoms with van der Waals surface area (Å²) in [6.07, 6.45) is 0.245. The Morgan fingerprint density at radius 3 is 2.54 bits per heavy atom. The Hall–Kier alpha value is -3.41. The van der Waals surface area contributed by atoms with Crippen LogP contribution in [0.2, 0.25) is 0 Å². The molecule has 0 bridgehead atoms. The van der Waals surface area contributed by atoms with Gasteiger partial charge >= 0.3 is 5.97 Å². The highest BCUT2D eigenvalue weighted by Crippen LogP contribution is 2.38. The molecule has 1 N–H and O–H groups in total. The van der Waals surface area contributed by atoms with Crippen LogP contribution in [0.3, 0.4) is 0 Å². The van der Waals surface area contributed by atoms with E-state index in [4.69, 9.17) is 9.52 Å². The van der Waals surface area contributed by atoms with Crippen LogP contribution < -0.4 is 5.43 Å². The molecule has 0 aliphatic carbocycles. The van der Waals surface area contributed by atoms with Gasteiger partial charge in [-0.05, 0) is 31.0 Å². The molecule has 1 aliphatic rings. The van der Waals surface area contributed by atoms with Crippen molar-refractivity contribution in [3.05, 3.63) is 81.2 Å². The largest absolute Gasteiger partial charge is 0.481 e. The lowest BCUT2D eigenvalue weighted by atomic mass is 9.97. The average Bonchev–Trinajstić information content (AvgIpc) is 2.95. The number of carboxylic acids is 1. The number of carboxylic acid groups (broad SMARTS) is 1. The first-order chi connectivity index (χ1) is 13.5. The minimum absolute atomic E-state index is 0.0459. The van der Waals surface area contributed by atoms with E-state index in [0.29, 0.717) is 23.0 Å². The number of benzene rings is 2. The van der Waals surface area contributed by atoms with Gasteiger partial charge in [0.1, 0.15) is 5.58 Å². The van der Waals surface area contributed by atoms with Crippen LogP contribution in [0.5, 0.6) is 0 Å². The van der Waals surface area contributed by atoms with Gasteiger partial charge < -0.3 is 14.4 Å². The van der Waals surface area contributed by atoms with Crippen LogP contribution in [0.1, 0.15) is 46.1 Å². The summed E-state index contributed by atoms with van der Waals surface area (Å²) >= 11 is 0. The van der Waals surface area contributed by atoms with E-state index in [1.807, 2.05) is 31.2 Å². The van der Waals surface area contributed by atoms with Crippen LogP contribution in [0.15, 0.2) is 57.7 Å². The van der Waals surface area contributed by atoms with Crippen molar-refractivity contribution in [2.45, 2.75) is 25.8 Å². The summed E-state index contributed by atoms with van der Waals surface area (Å²) in [5.41, 5.74) is 2.33. The zero-order valence-corrected chi connectivity index (χ0v) is 15.3. The molecular formula is C22H19NO5. The zero-order valence-electron chi connectivity index (χ0n) is 15.3. The third-order valence-electron chi connectivity index (χ3n) is 5.06. The Labute approximate surface area is 161 Å². The number of aryl methyl sites for hydroxylation is 1. The zero-order chi connectivity index (χ0) is 19.8. The van der Waals surface area contributed by atoms with E-state index in [9.17, 15) is 14.4 Å². The third kappa shape index (κ3) is 2.97. The van der Waals surface area contributed by atoms with E-state index in [2.05, 4.69) is 0 Å². The van der Waals surface area contributed by atoms with E-state index in [1.54, 1.807) is 29.2 Å². The van der Waals surface area contributed by atoms with E-state index >= 15 is 0 Å². The molecule has 0 radical (unpaired) electrons. The molecule has 1 atom stereocenters. The first-order valence-electron chi connectivity index (χ1n) is 9.12. The summed E-state index contributed by atoms with van der Waals surface area (Å²) < 4.78 is 5.82. The minimum atomic E-state index is -0.920. The second-order valence-corrected chi connectivity index (χ2v) is 6.98. The van der Waals surface area contributed by atoms with Crippen LogP contribution in [-0.2, 0) is 4.79 Å². The van der Waals surface area contributed by atoms with Crippen molar-refractivity contribution in [3.63, 3.8) is 0 Å². The molecule has 28 heavy (non-hydrogen) atoms. The van der Waals surface area contributed by atoms with Gasteiger partial charge in [0.2, 0.25) is 5.76 Å². The number of nitrogens with zero attached hydrogens (tertiary/aromatic N) is 1. The molecule has 0 saturated carbocycles. The number of hydrogen-bond acceptors (Lipinski definition) is 4. The normalized spacial score (nSPS) is 15.8. The van der Waals surface area contributed by atoms with Crippen molar-refractivity contribution in [2.75, 3.05) is 6.54 Å². The quantitative estimate of drug-likeness (QED) is 0.735. The monoisotopic (exact) mass is 377 g/mol. The Morgan fingerprint density at radius 2 is 1.82 bits per heavy atom. The number of amides is 1. The Balaban J connectivity index is 1.87.